The maximum Gasteiger partial charge on any atom is 0.264 e. The number of pyridine rings is 1. The van der Waals surface area contributed by atoms with E-state index in [9.17, 15) is 13.2 Å². The standard InChI is InChI=1S/C25H26N4O4S/c1-18-15-19-5-2-3-8-23(19)29(18)34(31,32)22-7-4-6-20(16-22)25(30)27-21-9-10-24(26-17-21)28-11-13-33-14-12-28/h2-10,16-18H,11-15H2,1H3,(H,27,30). The smallest absolute Gasteiger partial charge is 0.264 e. The number of para-hydroxylation sites is 1. The Morgan fingerprint density at radius 2 is 1.85 bits per heavy atom. The van der Waals surface area contributed by atoms with Crippen molar-refractivity contribution in [1.29, 1.82) is 0 Å². The number of carbonyl (C=O) groups excluding carboxylic acids is 1. The van der Waals surface area contributed by atoms with Gasteiger partial charge in [-0.15, -0.1) is 0 Å². The molecule has 3 aromatic rings. The van der Waals surface area contributed by atoms with Crippen LogP contribution in [0.4, 0.5) is 17.2 Å². The monoisotopic (exact) mass is 478 g/mol. The molecule has 1 saturated heterocycles. The number of hydrogen-bond donors (Lipinski definition) is 1. The lowest BCUT2D eigenvalue weighted by Crippen LogP contribution is -2.36. The van der Waals surface area contributed by atoms with Crippen LogP contribution in [-0.4, -0.2) is 51.7 Å². The van der Waals surface area contributed by atoms with Crippen LogP contribution < -0.4 is 14.5 Å². The van der Waals surface area contributed by atoms with E-state index in [0.717, 1.165) is 24.5 Å². The molecular weight excluding hydrogens is 452 g/mol. The molecule has 1 atom stereocenters. The van der Waals surface area contributed by atoms with Crippen molar-refractivity contribution in [2.45, 2.75) is 24.3 Å². The van der Waals surface area contributed by atoms with Crippen LogP contribution in [0.15, 0.2) is 71.8 Å². The molecule has 1 fully saturated rings. The molecule has 5 rings (SSSR count). The lowest BCUT2D eigenvalue weighted by atomic mass is 10.1. The first kappa shape index (κ1) is 22.4. The normalized spacial score (nSPS) is 18.0. The number of nitrogens with zero attached hydrogens (tertiary/aromatic N) is 3. The quantitative estimate of drug-likeness (QED) is 0.605. The van der Waals surface area contributed by atoms with E-state index in [1.165, 1.54) is 16.4 Å². The molecule has 0 bridgehead atoms. The number of nitrogens with one attached hydrogen (secondary N) is 1. The van der Waals surface area contributed by atoms with E-state index in [2.05, 4.69) is 15.2 Å². The van der Waals surface area contributed by atoms with Crippen LogP contribution in [0.1, 0.15) is 22.8 Å². The zero-order valence-corrected chi connectivity index (χ0v) is 19.7. The minimum Gasteiger partial charge on any atom is -0.378 e. The molecule has 9 heteroatoms. The lowest BCUT2D eigenvalue weighted by molar-refractivity contribution is 0.102. The fourth-order valence-electron chi connectivity index (χ4n) is 4.46. The Balaban J connectivity index is 1.34. The fourth-order valence-corrected chi connectivity index (χ4v) is 6.20. The van der Waals surface area contributed by atoms with Crippen molar-refractivity contribution in [2.24, 2.45) is 0 Å². The summed E-state index contributed by atoms with van der Waals surface area (Å²) < 4.78 is 33.8. The van der Waals surface area contributed by atoms with E-state index < -0.39 is 15.9 Å². The number of aromatic nitrogens is 1. The number of amides is 1. The van der Waals surface area contributed by atoms with Crippen LogP contribution >= 0.6 is 0 Å². The summed E-state index contributed by atoms with van der Waals surface area (Å²) in [4.78, 5) is 19.5. The van der Waals surface area contributed by atoms with Gasteiger partial charge in [0.1, 0.15) is 5.82 Å². The number of benzene rings is 2. The summed E-state index contributed by atoms with van der Waals surface area (Å²) in [5, 5.41) is 2.81. The van der Waals surface area contributed by atoms with Crippen LogP contribution in [-0.2, 0) is 21.2 Å². The van der Waals surface area contributed by atoms with Crippen molar-refractivity contribution in [3.63, 3.8) is 0 Å². The molecule has 34 heavy (non-hydrogen) atoms. The summed E-state index contributed by atoms with van der Waals surface area (Å²) in [5.41, 5.74) is 2.49. The molecule has 8 nitrogen and oxygen atoms in total. The van der Waals surface area contributed by atoms with E-state index in [1.807, 2.05) is 37.3 Å². The van der Waals surface area contributed by atoms with E-state index in [0.29, 0.717) is 31.0 Å². The summed E-state index contributed by atoms with van der Waals surface area (Å²) in [6, 6.07) is 17.1. The Morgan fingerprint density at radius 3 is 2.62 bits per heavy atom. The van der Waals surface area contributed by atoms with Gasteiger partial charge < -0.3 is 15.0 Å². The molecule has 0 aliphatic carbocycles. The van der Waals surface area contributed by atoms with Gasteiger partial charge in [-0.1, -0.05) is 24.3 Å². The third-order valence-corrected chi connectivity index (χ3v) is 8.06. The highest BCUT2D eigenvalue weighted by molar-refractivity contribution is 7.92. The Hall–Kier alpha value is -3.43. The average molecular weight is 479 g/mol. The number of rotatable bonds is 5. The minimum absolute atomic E-state index is 0.0875. The molecule has 3 heterocycles. The molecule has 0 spiro atoms. The summed E-state index contributed by atoms with van der Waals surface area (Å²) in [6.45, 7) is 4.78. The largest absolute Gasteiger partial charge is 0.378 e. The highest BCUT2D eigenvalue weighted by Gasteiger charge is 2.36. The first-order valence-electron chi connectivity index (χ1n) is 11.3. The van der Waals surface area contributed by atoms with Crippen LogP contribution in [0.5, 0.6) is 0 Å². The molecule has 2 aromatic carbocycles. The van der Waals surface area contributed by atoms with Crippen LogP contribution in [0.2, 0.25) is 0 Å². The van der Waals surface area contributed by atoms with Crippen molar-refractivity contribution in [3.05, 3.63) is 78.0 Å². The average Bonchev–Trinajstić information content (AvgIpc) is 3.21. The second-order valence-electron chi connectivity index (χ2n) is 8.47. The SMILES string of the molecule is CC1Cc2ccccc2N1S(=O)(=O)c1cccc(C(=O)Nc2ccc(N3CCOCC3)nc2)c1. The van der Waals surface area contributed by atoms with Crippen molar-refractivity contribution in [3.8, 4) is 0 Å². The molecule has 0 radical (unpaired) electrons. The van der Waals surface area contributed by atoms with E-state index >= 15 is 0 Å². The summed E-state index contributed by atoms with van der Waals surface area (Å²) in [7, 11) is -3.82. The van der Waals surface area contributed by atoms with E-state index in [-0.39, 0.29) is 16.5 Å². The van der Waals surface area contributed by atoms with Crippen LogP contribution in [0.3, 0.4) is 0 Å². The Kier molecular flexibility index (Phi) is 5.97. The Bertz CT molecular complexity index is 1300. The van der Waals surface area contributed by atoms with Crippen LogP contribution in [0, 0.1) is 0 Å². The molecule has 2 aliphatic heterocycles. The Labute approximate surface area is 199 Å². The van der Waals surface area contributed by atoms with Gasteiger partial charge in [-0.05, 0) is 55.3 Å². The zero-order chi connectivity index (χ0) is 23.7. The molecule has 1 aromatic heterocycles. The van der Waals surface area contributed by atoms with E-state index in [1.54, 1.807) is 24.4 Å². The van der Waals surface area contributed by atoms with Gasteiger partial charge in [0.2, 0.25) is 0 Å². The Morgan fingerprint density at radius 1 is 1.06 bits per heavy atom. The number of ether oxygens (including phenoxy) is 1. The van der Waals surface area contributed by atoms with E-state index in [4.69, 9.17) is 4.74 Å². The second-order valence-corrected chi connectivity index (χ2v) is 10.3. The summed E-state index contributed by atoms with van der Waals surface area (Å²) in [6.07, 6.45) is 2.26. The molecule has 1 N–H and O–H groups in total. The van der Waals surface area contributed by atoms with Gasteiger partial charge in [0.05, 0.1) is 35.7 Å². The second kappa shape index (κ2) is 9.08. The molecule has 0 saturated carbocycles. The minimum atomic E-state index is -3.82. The predicted molar refractivity (Wildman–Crippen MR) is 131 cm³/mol. The first-order valence-corrected chi connectivity index (χ1v) is 12.7. The van der Waals surface area contributed by atoms with Gasteiger partial charge in [-0.2, -0.15) is 0 Å². The highest BCUT2D eigenvalue weighted by atomic mass is 32.2. The maximum atomic E-state index is 13.5. The van der Waals surface area contributed by atoms with Gasteiger partial charge in [0, 0.05) is 24.7 Å². The number of fused-ring (bicyclic) bond motifs is 1. The molecular formula is C25H26N4O4S. The van der Waals surface area contributed by atoms with Crippen molar-refractivity contribution < 1.29 is 17.9 Å². The molecule has 1 amide bonds. The van der Waals surface area contributed by atoms with Gasteiger partial charge in [0.25, 0.3) is 15.9 Å². The number of hydrogen-bond acceptors (Lipinski definition) is 6. The fraction of sp³-hybridized carbons (Fsp3) is 0.280. The van der Waals surface area contributed by atoms with Crippen molar-refractivity contribution in [2.75, 3.05) is 40.8 Å². The number of anilines is 3. The van der Waals surface area contributed by atoms with Crippen molar-refractivity contribution in [1.82, 2.24) is 4.98 Å². The number of carbonyl (C=O) groups is 1. The van der Waals surface area contributed by atoms with Gasteiger partial charge in [0.15, 0.2) is 0 Å². The predicted octanol–water partition coefficient (Wildman–Crippen LogP) is 3.31. The molecule has 176 valence electrons. The number of sulfonamides is 1. The maximum absolute atomic E-state index is 13.5. The third kappa shape index (κ3) is 4.24. The molecule has 2 aliphatic rings. The van der Waals surface area contributed by atoms with Gasteiger partial charge in [-0.25, -0.2) is 13.4 Å². The summed E-state index contributed by atoms with van der Waals surface area (Å²) in [5.74, 6) is 0.433. The lowest BCUT2D eigenvalue weighted by Gasteiger charge is -2.27. The molecule has 1 unspecified atom stereocenters. The zero-order valence-electron chi connectivity index (χ0n) is 18.8. The first-order chi connectivity index (χ1) is 16.4. The van der Waals surface area contributed by atoms with Crippen LogP contribution in [0.25, 0.3) is 0 Å². The highest BCUT2D eigenvalue weighted by Crippen LogP contribution is 2.36. The topological polar surface area (TPSA) is 91.8 Å². The van der Waals surface area contributed by atoms with Gasteiger partial charge >= 0.3 is 0 Å². The number of morpholine rings is 1. The van der Waals surface area contributed by atoms with Gasteiger partial charge in [-0.3, -0.25) is 9.10 Å². The van der Waals surface area contributed by atoms with Crippen molar-refractivity contribution >= 4 is 33.1 Å². The third-order valence-electron chi connectivity index (χ3n) is 6.14. The summed E-state index contributed by atoms with van der Waals surface area (Å²) >= 11 is 0.